The smallest absolute Gasteiger partial charge is 0.306 e. The van der Waals surface area contributed by atoms with Crippen molar-refractivity contribution in [3.63, 3.8) is 0 Å². The van der Waals surface area contributed by atoms with Crippen molar-refractivity contribution in [2.75, 3.05) is 0 Å². The normalized spacial score (nSPS) is 12.0. The van der Waals surface area contributed by atoms with E-state index in [1.54, 1.807) is 0 Å². The Bertz CT molecular complexity index is 704. The summed E-state index contributed by atoms with van der Waals surface area (Å²) in [4.78, 5) is 22.1. The van der Waals surface area contributed by atoms with Crippen LogP contribution in [0.1, 0.15) is 36.1 Å². The summed E-state index contributed by atoms with van der Waals surface area (Å²) < 4.78 is 1.40. The number of rotatable bonds is 6. The topological polar surface area (TPSA) is 90.1 Å². The lowest BCUT2D eigenvalue weighted by atomic mass is 10.0. The number of hydrogen-bond donors (Lipinski definition) is 1. The molecule has 0 unspecified atom stereocenters. The number of amides is 1. The van der Waals surface area contributed by atoms with Gasteiger partial charge in [-0.05, 0) is 26.3 Å². The predicted octanol–water partition coefficient (Wildman–Crippen LogP) is 2.68. The lowest BCUT2D eigenvalue weighted by molar-refractivity contribution is -0.385. The second-order valence-corrected chi connectivity index (χ2v) is 5.68. The molecule has 0 aliphatic carbocycles. The van der Waals surface area contributed by atoms with Crippen LogP contribution in [-0.4, -0.2) is 20.6 Å². The molecule has 0 bridgehead atoms. The Hall–Kier alpha value is -2.70. The maximum absolute atomic E-state index is 12.0. The van der Waals surface area contributed by atoms with Gasteiger partial charge in [0.1, 0.15) is 12.4 Å². The van der Waals surface area contributed by atoms with Gasteiger partial charge in [-0.1, -0.05) is 29.3 Å². The SMILES string of the molecule is Cc1cc(C)cc([C@@H](C)NC(=O)CCn2cc([N+](=O)[O-])cn2)c1. The molecular formula is C16H20N4O3. The number of nitrogens with one attached hydrogen (secondary N) is 1. The summed E-state index contributed by atoms with van der Waals surface area (Å²) in [5.74, 6) is -0.116. The van der Waals surface area contributed by atoms with Crippen LogP contribution in [-0.2, 0) is 11.3 Å². The summed E-state index contributed by atoms with van der Waals surface area (Å²) in [5, 5.41) is 17.4. The van der Waals surface area contributed by atoms with Crippen molar-refractivity contribution in [1.82, 2.24) is 15.1 Å². The number of carbonyl (C=O) groups is 1. The van der Waals surface area contributed by atoms with Gasteiger partial charge < -0.3 is 5.32 Å². The van der Waals surface area contributed by atoms with Gasteiger partial charge in [0, 0.05) is 13.0 Å². The minimum absolute atomic E-state index is 0.0750. The van der Waals surface area contributed by atoms with Crippen molar-refractivity contribution in [3.05, 3.63) is 57.4 Å². The zero-order chi connectivity index (χ0) is 17.0. The van der Waals surface area contributed by atoms with E-state index in [9.17, 15) is 14.9 Å². The average molecular weight is 316 g/mol. The summed E-state index contributed by atoms with van der Waals surface area (Å²) in [7, 11) is 0. The van der Waals surface area contributed by atoms with Gasteiger partial charge in [0.25, 0.3) is 0 Å². The zero-order valence-electron chi connectivity index (χ0n) is 13.4. The molecule has 2 aromatic rings. The van der Waals surface area contributed by atoms with Crippen LogP contribution in [0.2, 0.25) is 0 Å². The van der Waals surface area contributed by atoms with Gasteiger partial charge in [0.15, 0.2) is 0 Å². The van der Waals surface area contributed by atoms with Gasteiger partial charge >= 0.3 is 5.69 Å². The third-order valence-electron chi connectivity index (χ3n) is 3.52. The molecule has 1 aromatic carbocycles. The molecule has 0 aliphatic heterocycles. The highest BCUT2D eigenvalue weighted by molar-refractivity contribution is 5.76. The van der Waals surface area contributed by atoms with E-state index in [0.717, 1.165) is 16.7 Å². The van der Waals surface area contributed by atoms with Gasteiger partial charge in [-0.25, -0.2) is 0 Å². The third-order valence-corrected chi connectivity index (χ3v) is 3.52. The van der Waals surface area contributed by atoms with Crippen LogP contribution >= 0.6 is 0 Å². The molecule has 1 aromatic heterocycles. The van der Waals surface area contributed by atoms with Crippen LogP contribution < -0.4 is 5.32 Å². The molecule has 0 radical (unpaired) electrons. The lowest BCUT2D eigenvalue weighted by Crippen LogP contribution is -2.27. The van der Waals surface area contributed by atoms with Crippen LogP contribution in [0.15, 0.2) is 30.6 Å². The summed E-state index contributed by atoms with van der Waals surface area (Å²) in [6, 6.07) is 6.10. The first-order chi connectivity index (χ1) is 10.8. The molecule has 0 fully saturated rings. The Kier molecular flexibility index (Phi) is 5.10. The summed E-state index contributed by atoms with van der Waals surface area (Å²) in [6.07, 6.45) is 2.71. The third kappa shape index (κ3) is 4.64. The van der Waals surface area contributed by atoms with Crippen molar-refractivity contribution in [3.8, 4) is 0 Å². The largest absolute Gasteiger partial charge is 0.350 e. The number of hydrogen-bond acceptors (Lipinski definition) is 4. The van der Waals surface area contributed by atoms with E-state index in [1.165, 1.54) is 17.1 Å². The highest BCUT2D eigenvalue weighted by Gasteiger charge is 2.12. The van der Waals surface area contributed by atoms with Gasteiger partial charge in [-0.2, -0.15) is 5.10 Å². The number of aryl methyl sites for hydroxylation is 3. The lowest BCUT2D eigenvalue weighted by Gasteiger charge is -2.16. The zero-order valence-corrected chi connectivity index (χ0v) is 13.4. The highest BCUT2D eigenvalue weighted by atomic mass is 16.6. The number of carbonyl (C=O) groups excluding carboxylic acids is 1. The molecule has 1 N–H and O–H groups in total. The Labute approximate surface area is 134 Å². The first kappa shape index (κ1) is 16.7. The quantitative estimate of drug-likeness (QED) is 0.655. The van der Waals surface area contributed by atoms with E-state index < -0.39 is 4.92 Å². The minimum atomic E-state index is -0.508. The monoisotopic (exact) mass is 316 g/mol. The van der Waals surface area contributed by atoms with Crippen LogP contribution in [0.5, 0.6) is 0 Å². The van der Waals surface area contributed by atoms with E-state index in [-0.39, 0.29) is 24.1 Å². The fourth-order valence-corrected chi connectivity index (χ4v) is 2.44. The van der Waals surface area contributed by atoms with Crippen LogP contribution in [0.25, 0.3) is 0 Å². The predicted molar refractivity (Wildman–Crippen MR) is 86.0 cm³/mol. The second kappa shape index (κ2) is 7.04. The number of nitro groups is 1. The van der Waals surface area contributed by atoms with Crippen molar-refractivity contribution < 1.29 is 9.72 Å². The van der Waals surface area contributed by atoms with Gasteiger partial charge in [-0.3, -0.25) is 19.6 Å². The molecule has 7 heteroatoms. The molecule has 7 nitrogen and oxygen atoms in total. The number of aromatic nitrogens is 2. The Morgan fingerprint density at radius 2 is 2.00 bits per heavy atom. The molecule has 2 rings (SSSR count). The molecule has 0 saturated heterocycles. The maximum Gasteiger partial charge on any atom is 0.306 e. The van der Waals surface area contributed by atoms with Gasteiger partial charge in [0.2, 0.25) is 5.91 Å². The standard InChI is InChI=1S/C16H20N4O3/c1-11-6-12(2)8-14(7-11)13(3)18-16(21)4-5-19-10-15(9-17-19)20(22)23/h6-10,13H,4-5H2,1-3H3,(H,18,21)/t13-/m1/s1. The van der Waals surface area contributed by atoms with Gasteiger partial charge in [-0.15, -0.1) is 0 Å². The Balaban J connectivity index is 1.89. The highest BCUT2D eigenvalue weighted by Crippen LogP contribution is 2.16. The van der Waals surface area contributed by atoms with Gasteiger partial charge in [0.05, 0.1) is 11.0 Å². The van der Waals surface area contributed by atoms with Crippen molar-refractivity contribution in [1.29, 1.82) is 0 Å². The van der Waals surface area contributed by atoms with E-state index in [0.29, 0.717) is 6.54 Å². The molecule has 23 heavy (non-hydrogen) atoms. The Morgan fingerprint density at radius 3 is 2.57 bits per heavy atom. The first-order valence-electron chi connectivity index (χ1n) is 7.39. The number of benzene rings is 1. The molecule has 0 aliphatic rings. The van der Waals surface area contributed by atoms with Crippen LogP contribution in [0, 0.1) is 24.0 Å². The first-order valence-corrected chi connectivity index (χ1v) is 7.39. The maximum atomic E-state index is 12.0. The minimum Gasteiger partial charge on any atom is -0.350 e. The van der Waals surface area contributed by atoms with E-state index in [2.05, 4.69) is 28.6 Å². The van der Waals surface area contributed by atoms with E-state index in [1.807, 2.05) is 20.8 Å². The van der Waals surface area contributed by atoms with Crippen LogP contribution in [0.3, 0.4) is 0 Å². The molecule has 122 valence electrons. The summed E-state index contributed by atoms with van der Waals surface area (Å²) in [5.41, 5.74) is 3.30. The molecule has 1 atom stereocenters. The molecule has 0 spiro atoms. The molecule has 0 saturated carbocycles. The molecule has 1 amide bonds. The molecular weight excluding hydrogens is 296 g/mol. The van der Waals surface area contributed by atoms with Crippen molar-refractivity contribution >= 4 is 11.6 Å². The second-order valence-electron chi connectivity index (χ2n) is 5.68. The summed E-state index contributed by atoms with van der Waals surface area (Å²) in [6.45, 7) is 6.29. The van der Waals surface area contributed by atoms with Crippen molar-refractivity contribution in [2.45, 2.75) is 39.8 Å². The number of nitrogens with zero attached hydrogens (tertiary/aromatic N) is 3. The average Bonchev–Trinajstić information content (AvgIpc) is 2.93. The fourth-order valence-electron chi connectivity index (χ4n) is 2.44. The van der Waals surface area contributed by atoms with Crippen LogP contribution in [0.4, 0.5) is 5.69 Å². The van der Waals surface area contributed by atoms with Crippen molar-refractivity contribution in [2.24, 2.45) is 0 Å². The fraction of sp³-hybridized carbons (Fsp3) is 0.375. The summed E-state index contributed by atoms with van der Waals surface area (Å²) >= 11 is 0. The molecule has 1 heterocycles. The Morgan fingerprint density at radius 1 is 1.35 bits per heavy atom. The van der Waals surface area contributed by atoms with E-state index >= 15 is 0 Å². The van der Waals surface area contributed by atoms with E-state index in [4.69, 9.17) is 0 Å².